The van der Waals surface area contributed by atoms with Crippen LogP contribution in [0, 0.1) is 34.0 Å². The first-order chi connectivity index (χ1) is 12.5. The van der Waals surface area contributed by atoms with Crippen molar-refractivity contribution in [3.05, 3.63) is 64.6 Å². The Labute approximate surface area is 149 Å². The Morgan fingerprint density at radius 1 is 1.15 bits per heavy atom. The zero-order chi connectivity index (χ0) is 19.1. The molecule has 26 heavy (non-hydrogen) atoms. The van der Waals surface area contributed by atoms with Crippen molar-refractivity contribution in [2.75, 3.05) is 7.11 Å². The number of benzene rings is 1. The molecule has 2 rings (SSSR count). The van der Waals surface area contributed by atoms with E-state index in [1.807, 2.05) is 6.07 Å². The Balaban J connectivity index is 2.41. The zero-order valence-corrected chi connectivity index (χ0v) is 13.7. The Morgan fingerprint density at radius 3 is 2.50 bits per heavy atom. The highest BCUT2D eigenvalue weighted by atomic mass is 16.5. The van der Waals surface area contributed by atoms with Crippen molar-refractivity contribution in [1.29, 1.82) is 15.8 Å². The molecule has 7 nitrogen and oxygen atoms in total. The average molecular weight is 344 g/mol. The van der Waals surface area contributed by atoms with Crippen molar-refractivity contribution in [3.8, 4) is 29.5 Å². The van der Waals surface area contributed by atoms with Crippen LogP contribution in [0.1, 0.15) is 16.1 Å². The first-order valence-corrected chi connectivity index (χ1v) is 7.24. The Morgan fingerprint density at radius 2 is 1.88 bits per heavy atom. The summed E-state index contributed by atoms with van der Waals surface area (Å²) in [6.07, 6.45) is 1.33. The van der Waals surface area contributed by atoms with Crippen LogP contribution in [0.15, 0.2) is 57.7 Å². The summed E-state index contributed by atoms with van der Waals surface area (Å²) < 4.78 is 10.3. The van der Waals surface area contributed by atoms with Gasteiger partial charge in [0.15, 0.2) is 5.57 Å². The predicted octanol–water partition coefficient (Wildman–Crippen LogP) is 2.90. The quantitative estimate of drug-likeness (QED) is 0.511. The number of carbonyl (C=O) groups is 1. The van der Waals surface area contributed by atoms with Crippen LogP contribution in [0.3, 0.4) is 0 Å². The van der Waals surface area contributed by atoms with Crippen LogP contribution < -0.4 is 5.73 Å². The third kappa shape index (κ3) is 3.79. The molecule has 126 valence electrons. The van der Waals surface area contributed by atoms with Crippen molar-refractivity contribution >= 4 is 12.0 Å². The number of rotatable bonds is 4. The van der Waals surface area contributed by atoms with Gasteiger partial charge >= 0.3 is 5.97 Å². The van der Waals surface area contributed by atoms with Crippen molar-refractivity contribution in [2.24, 2.45) is 5.73 Å². The summed E-state index contributed by atoms with van der Waals surface area (Å²) in [7, 11) is 1.29. The largest absolute Gasteiger partial charge is 0.465 e. The molecule has 0 saturated carbocycles. The number of hydrogen-bond acceptors (Lipinski definition) is 7. The maximum absolute atomic E-state index is 11.6. The third-order valence-corrected chi connectivity index (χ3v) is 3.39. The summed E-state index contributed by atoms with van der Waals surface area (Å²) >= 11 is 0. The van der Waals surface area contributed by atoms with Gasteiger partial charge in [0.05, 0.1) is 23.9 Å². The molecule has 0 spiro atoms. The van der Waals surface area contributed by atoms with Crippen LogP contribution in [0.25, 0.3) is 17.4 Å². The topological polar surface area (TPSA) is 137 Å². The summed E-state index contributed by atoms with van der Waals surface area (Å²) in [4.78, 5) is 11.6. The molecule has 2 N–H and O–H groups in total. The first kappa shape index (κ1) is 18.1. The van der Waals surface area contributed by atoms with Gasteiger partial charge in [-0.3, -0.25) is 0 Å². The second kappa shape index (κ2) is 8.01. The van der Waals surface area contributed by atoms with Crippen molar-refractivity contribution in [2.45, 2.75) is 0 Å². The van der Waals surface area contributed by atoms with Gasteiger partial charge in [0, 0.05) is 11.6 Å². The van der Waals surface area contributed by atoms with Gasteiger partial charge in [-0.25, -0.2) is 4.79 Å². The molecule has 0 aliphatic carbocycles. The minimum Gasteiger partial charge on any atom is -0.465 e. The summed E-state index contributed by atoms with van der Waals surface area (Å²) in [6, 6.07) is 15.0. The summed E-state index contributed by atoms with van der Waals surface area (Å²) in [5, 5.41) is 26.9. The fourth-order valence-corrected chi connectivity index (χ4v) is 2.10. The summed E-state index contributed by atoms with van der Waals surface area (Å²) in [5.74, 6) is 0.296. The van der Waals surface area contributed by atoms with Gasteiger partial charge < -0.3 is 14.9 Å². The van der Waals surface area contributed by atoms with Crippen LogP contribution in [0.2, 0.25) is 0 Å². The number of nitrogens with zero attached hydrogens (tertiary/aromatic N) is 3. The summed E-state index contributed by atoms with van der Waals surface area (Å²) in [5.41, 5.74) is 6.06. The molecule has 0 aliphatic heterocycles. The number of allylic oxidation sites excluding steroid dienone is 2. The van der Waals surface area contributed by atoms with Crippen molar-refractivity contribution < 1.29 is 13.9 Å². The maximum atomic E-state index is 11.6. The van der Waals surface area contributed by atoms with Crippen molar-refractivity contribution in [3.63, 3.8) is 0 Å². The van der Waals surface area contributed by atoms with E-state index in [0.717, 1.165) is 0 Å². The lowest BCUT2D eigenvalue weighted by Gasteiger charge is -2.01. The Hall–Kier alpha value is -4.28. The van der Waals surface area contributed by atoms with Crippen LogP contribution in [-0.2, 0) is 4.74 Å². The summed E-state index contributed by atoms with van der Waals surface area (Å²) in [6.45, 7) is 0. The standard InChI is InChI=1S/C19H12N4O3/c1-25-19(24)13-4-2-3-12(7-13)17-6-5-16(26-17)8-14(9-20)18(23)15(10-21)11-22/h2-8H,23H2,1H3. The number of esters is 1. The number of carbonyl (C=O) groups excluding carboxylic acids is 1. The highest BCUT2D eigenvalue weighted by Gasteiger charge is 2.11. The minimum absolute atomic E-state index is 0.0627. The molecule has 1 aromatic carbocycles. The molecule has 2 aromatic rings. The molecule has 0 saturated heterocycles. The molecule has 0 aliphatic rings. The second-order valence-corrected chi connectivity index (χ2v) is 4.96. The Kier molecular flexibility index (Phi) is 5.56. The molecule has 0 amide bonds. The fourth-order valence-electron chi connectivity index (χ4n) is 2.10. The van der Waals surface area contributed by atoms with Crippen molar-refractivity contribution in [1.82, 2.24) is 0 Å². The van der Waals surface area contributed by atoms with Crippen LogP contribution in [0.5, 0.6) is 0 Å². The van der Waals surface area contributed by atoms with E-state index >= 15 is 0 Å². The number of methoxy groups -OCH3 is 1. The van der Waals surface area contributed by atoms with Gasteiger partial charge in [0.25, 0.3) is 0 Å². The molecule has 0 fully saturated rings. The Bertz CT molecular complexity index is 1020. The zero-order valence-electron chi connectivity index (χ0n) is 13.7. The van der Waals surface area contributed by atoms with E-state index < -0.39 is 5.97 Å². The molecule has 1 heterocycles. The molecular weight excluding hydrogens is 332 g/mol. The number of ether oxygens (including phenoxy) is 1. The second-order valence-electron chi connectivity index (χ2n) is 4.96. The lowest BCUT2D eigenvalue weighted by molar-refractivity contribution is 0.0601. The van der Waals surface area contributed by atoms with Gasteiger partial charge in [0.1, 0.15) is 29.7 Å². The number of hydrogen-bond donors (Lipinski definition) is 1. The highest BCUT2D eigenvalue weighted by molar-refractivity contribution is 5.90. The van der Waals surface area contributed by atoms with E-state index in [1.165, 1.54) is 13.2 Å². The van der Waals surface area contributed by atoms with E-state index in [4.69, 9.17) is 20.7 Å². The fraction of sp³-hybridized carbons (Fsp3) is 0.0526. The maximum Gasteiger partial charge on any atom is 0.337 e. The first-order valence-electron chi connectivity index (χ1n) is 7.24. The van der Waals surface area contributed by atoms with Gasteiger partial charge in [-0.15, -0.1) is 0 Å². The van der Waals surface area contributed by atoms with Crippen LogP contribution >= 0.6 is 0 Å². The van der Waals surface area contributed by atoms with Crippen LogP contribution in [-0.4, -0.2) is 13.1 Å². The van der Waals surface area contributed by atoms with E-state index in [1.54, 1.807) is 48.5 Å². The number of nitrogens with two attached hydrogens (primary N) is 1. The van der Waals surface area contributed by atoms with E-state index in [0.29, 0.717) is 22.6 Å². The van der Waals surface area contributed by atoms with Gasteiger partial charge in [-0.05, 0) is 24.3 Å². The average Bonchev–Trinajstić information content (AvgIpc) is 3.15. The van der Waals surface area contributed by atoms with E-state index in [2.05, 4.69) is 4.74 Å². The lowest BCUT2D eigenvalue weighted by Crippen LogP contribution is -2.03. The predicted molar refractivity (Wildman–Crippen MR) is 91.5 cm³/mol. The van der Waals surface area contributed by atoms with E-state index in [-0.39, 0.29) is 16.8 Å². The van der Waals surface area contributed by atoms with Gasteiger partial charge in [0.2, 0.25) is 0 Å². The monoisotopic (exact) mass is 344 g/mol. The smallest absolute Gasteiger partial charge is 0.337 e. The van der Waals surface area contributed by atoms with Gasteiger partial charge in [-0.1, -0.05) is 12.1 Å². The lowest BCUT2D eigenvalue weighted by atomic mass is 10.1. The number of furan rings is 1. The molecule has 0 radical (unpaired) electrons. The SMILES string of the molecule is COC(=O)c1cccc(-c2ccc(C=C(C#N)C(N)=C(C#N)C#N)o2)c1. The molecule has 0 atom stereocenters. The van der Waals surface area contributed by atoms with Crippen LogP contribution in [0.4, 0.5) is 0 Å². The third-order valence-electron chi connectivity index (χ3n) is 3.39. The van der Waals surface area contributed by atoms with E-state index in [9.17, 15) is 10.1 Å². The molecular formula is C19H12N4O3. The molecule has 0 bridgehead atoms. The van der Waals surface area contributed by atoms with Gasteiger partial charge in [-0.2, -0.15) is 15.8 Å². The number of nitriles is 3. The normalized spacial score (nSPS) is 10.2. The molecule has 1 aromatic heterocycles. The minimum atomic E-state index is -0.469. The molecule has 0 unspecified atom stereocenters. The highest BCUT2D eigenvalue weighted by Crippen LogP contribution is 2.25. The molecule has 7 heteroatoms.